The lowest BCUT2D eigenvalue weighted by Crippen LogP contribution is -2.39. The van der Waals surface area contributed by atoms with Crippen molar-refractivity contribution in [2.45, 2.75) is 12.8 Å². The average Bonchev–Trinajstić information content (AvgIpc) is 3.04. The third-order valence-corrected chi connectivity index (χ3v) is 4.98. The molecule has 0 spiro atoms. The molecule has 0 atom stereocenters. The zero-order chi connectivity index (χ0) is 16.9. The summed E-state index contributed by atoms with van der Waals surface area (Å²) in [4.78, 5) is 18.6. The van der Waals surface area contributed by atoms with Crippen molar-refractivity contribution in [3.05, 3.63) is 35.5 Å². The Morgan fingerprint density at radius 2 is 2.04 bits per heavy atom. The molecule has 2 heterocycles. The number of aliphatic hydroxyl groups excluding tert-OH is 1. The fourth-order valence-corrected chi connectivity index (χ4v) is 3.51. The summed E-state index contributed by atoms with van der Waals surface area (Å²) < 4.78 is 13.0. The van der Waals surface area contributed by atoms with E-state index in [0.717, 1.165) is 37.2 Å². The summed E-state index contributed by atoms with van der Waals surface area (Å²) >= 11 is 1.35. The molecule has 2 aromatic rings. The SMILES string of the molecule is O=C(CN1CCC(CO)CC1)Nc1nc(-c2ccc(F)cc2)cs1. The minimum absolute atomic E-state index is 0.0857. The molecule has 0 aliphatic carbocycles. The van der Waals surface area contributed by atoms with Gasteiger partial charge in [-0.25, -0.2) is 9.37 Å². The quantitative estimate of drug-likeness (QED) is 0.871. The van der Waals surface area contributed by atoms with Crippen LogP contribution in [0.25, 0.3) is 11.3 Å². The highest BCUT2D eigenvalue weighted by Gasteiger charge is 2.20. The van der Waals surface area contributed by atoms with E-state index >= 15 is 0 Å². The van der Waals surface area contributed by atoms with Crippen molar-refractivity contribution in [3.8, 4) is 11.3 Å². The number of rotatable bonds is 5. The van der Waals surface area contributed by atoms with Crippen LogP contribution in [0.1, 0.15) is 12.8 Å². The highest BCUT2D eigenvalue weighted by atomic mass is 32.1. The maximum Gasteiger partial charge on any atom is 0.240 e. The van der Waals surface area contributed by atoms with Crippen molar-refractivity contribution in [1.82, 2.24) is 9.88 Å². The van der Waals surface area contributed by atoms with Crippen LogP contribution in [0, 0.1) is 11.7 Å². The number of anilines is 1. The van der Waals surface area contributed by atoms with Crippen molar-refractivity contribution in [2.75, 3.05) is 31.6 Å². The van der Waals surface area contributed by atoms with Gasteiger partial charge >= 0.3 is 0 Å². The fourth-order valence-electron chi connectivity index (χ4n) is 2.77. The van der Waals surface area contributed by atoms with Gasteiger partial charge in [0.2, 0.25) is 5.91 Å². The minimum Gasteiger partial charge on any atom is -0.396 e. The van der Waals surface area contributed by atoms with Gasteiger partial charge in [0.1, 0.15) is 5.82 Å². The molecule has 2 N–H and O–H groups in total. The van der Waals surface area contributed by atoms with Crippen LogP contribution in [0.15, 0.2) is 29.6 Å². The first-order valence-electron chi connectivity index (χ1n) is 7.98. The summed E-state index contributed by atoms with van der Waals surface area (Å²) in [6, 6.07) is 6.12. The Labute approximate surface area is 144 Å². The van der Waals surface area contributed by atoms with Gasteiger partial charge in [-0.15, -0.1) is 11.3 Å². The third-order valence-electron chi connectivity index (χ3n) is 4.22. The summed E-state index contributed by atoms with van der Waals surface area (Å²) in [6.45, 7) is 2.23. The molecular formula is C17H20FN3O2S. The second kappa shape index (κ2) is 7.83. The van der Waals surface area contributed by atoms with Gasteiger partial charge in [-0.05, 0) is 56.1 Å². The largest absolute Gasteiger partial charge is 0.396 e. The monoisotopic (exact) mass is 349 g/mol. The molecule has 0 unspecified atom stereocenters. The normalized spacial score (nSPS) is 16.2. The van der Waals surface area contributed by atoms with Crippen LogP contribution in [0.5, 0.6) is 0 Å². The van der Waals surface area contributed by atoms with E-state index in [-0.39, 0.29) is 18.3 Å². The number of carbonyl (C=O) groups excluding carboxylic acids is 1. The van der Waals surface area contributed by atoms with Gasteiger partial charge in [-0.2, -0.15) is 0 Å². The first-order chi connectivity index (χ1) is 11.6. The predicted molar refractivity (Wildman–Crippen MR) is 92.4 cm³/mol. The number of aliphatic hydroxyl groups is 1. The second-order valence-electron chi connectivity index (χ2n) is 6.00. The number of likely N-dealkylation sites (tertiary alicyclic amines) is 1. The highest BCUT2D eigenvalue weighted by molar-refractivity contribution is 7.14. The fraction of sp³-hybridized carbons (Fsp3) is 0.412. The van der Waals surface area contributed by atoms with E-state index in [1.54, 1.807) is 12.1 Å². The molecular weight excluding hydrogens is 329 g/mol. The smallest absolute Gasteiger partial charge is 0.240 e. The summed E-state index contributed by atoms with van der Waals surface area (Å²) in [5, 5.41) is 14.3. The molecule has 1 aromatic carbocycles. The van der Waals surface area contributed by atoms with E-state index in [4.69, 9.17) is 5.11 Å². The van der Waals surface area contributed by atoms with Crippen LogP contribution >= 0.6 is 11.3 Å². The lowest BCUT2D eigenvalue weighted by molar-refractivity contribution is -0.117. The van der Waals surface area contributed by atoms with Crippen LogP contribution in [0.3, 0.4) is 0 Å². The number of nitrogens with one attached hydrogen (secondary N) is 1. The van der Waals surface area contributed by atoms with Gasteiger partial charge in [-0.1, -0.05) is 0 Å². The van der Waals surface area contributed by atoms with Gasteiger partial charge in [0.15, 0.2) is 5.13 Å². The second-order valence-corrected chi connectivity index (χ2v) is 6.85. The zero-order valence-electron chi connectivity index (χ0n) is 13.2. The summed E-state index contributed by atoms with van der Waals surface area (Å²) in [7, 11) is 0. The number of thiazole rings is 1. The van der Waals surface area contributed by atoms with E-state index in [0.29, 0.717) is 17.6 Å². The van der Waals surface area contributed by atoms with E-state index in [9.17, 15) is 9.18 Å². The first kappa shape index (κ1) is 17.0. The van der Waals surface area contributed by atoms with E-state index in [2.05, 4.69) is 15.2 Å². The molecule has 0 bridgehead atoms. The van der Waals surface area contributed by atoms with E-state index in [1.807, 2.05) is 5.38 Å². The molecule has 24 heavy (non-hydrogen) atoms. The van der Waals surface area contributed by atoms with Crippen LogP contribution in [0.4, 0.5) is 9.52 Å². The summed E-state index contributed by atoms with van der Waals surface area (Å²) in [5.41, 5.74) is 1.54. The molecule has 7 heteroatoms. The van der Waals surface area contributed by atoms with Crippen molar-refractivity contribution in [1.29, 1.82) is 0 Å². The molecule has 1 aromatic heterocycles. The molecule has 1 saturated heterocycles. The molecule has 0 radical (unpaired) electrons. The number of amides is 1. The Balaban J connectivity index is 1.53. The van der Waals surface area contributed by atoms with Gasteiger partial charge in [0.25, 0.3) is 0 Å². The maximum atomic E-state index is 13.0. The Kier molecular flexibility index (Phi) is 5.55. The van der Waals surface area contributed by atoms with E-state index < -0.39 is 0 Å². The number of aromatic nitrogens is 1. The molecule has 1 amide bonds. The van der Waals surface area contributed by atoms with Gasteiger partial charge in [0, 0.05) is 17.6 Å². The lowest BCUT2D eigenvalue weighted by atomic mass is 9.98. The predicted octanol–water partition coefficient (Wildman–Crippen LogP) is 2.59. The van der Waals surface area contributed by atoms with Gasteiger partial charge in [0.05, 0.1) is 12.2 Å². The van der Waals surface area contributed by atoms with Crippen molar-refractivity contribution >= 4 is 22.4 Å². The number of hydrogen-bond acceptors (Lipinski definition) is 5. The van der Waals surface area contributed by atoms with Crippen LogP contribution < -0.4 is 5.32 Å². The van der Waals surface area contributed by atoms with Crippen molar-refractivity contribution in [3.63, 3.8) is 0 Å². The zero-order valence-corrected chi connectivity index (χ0v) is 14.1. The Morgan fingerprint density at radius 3 is 2.71 bits per heavy atom. The number of benzene rings is 1. The molecule has 1 aliphatic heterocycles. The highest BCUT2D eigenvalue weighted by Crippen LogP contribution is 2.25. The average molecular weight is 349 g/mol. The maximum absolute atomic E-state index is 13.0. The third kappa shape index (κ3) is 4.37. The van der Waals surface area contributed by atoms with Crippen LogP contribution in [-0.2, 0) is 4.79 Å². The first-order valence-corrected chi connectivity index (χ1v) is 8.86. The molecule has 128 valence electrons. The summed E-state index contributed by atoms with van der Waals surface area (Å²) in [6.07, 6.45) is 1.85. The topological polar surface area (TPSA) is 65.5 Å². The standard InChI is InChI=1S/C17H20FN3O2S/c18-14-3-1-13(2-4-14)15-11-24-17(19-15)20-16(23)9-21-7-5-12(10-22)6-8-21/h1-4,11-12,22H,5-10H2,(H,19,20,23). The Hall–Kier alpha value is -1.83. The van der Waals surface area contributed by atoms with Crippen LogP contribution in [-0.4, -0.2) is 47.1 Å². The molecule has 3 rings (SSSR count). The minimum atomic E-state index is -0.285. The van der Waals surface area contributed by atoms with E-state index in [1.165, 1.54) is 23.5 Å². The van der Waals surface area contributed by atoms with Crippen LogP contribution in [0.2, 0.25) is 0 Å². The van der Waals surface area contributed by atoms with Gasteiger partial charge in [-0.3, -0.25) is 9.69 Å². The number of nitrogens with zero attached hydrogens (tertiary/aromatic N) is 2. The van der Waals surface area contributed by atoms with Crippen molar-refractivity contribution < 1.29 is 14.3 Å². The number of halogens is 1. The number of carbonyl (C=O) groups is 1. The molecule has 1 aliphatic rings. The molecule has 5 nitrogen and oxygen atoms in total. The molecule has 1 fully saturated rings. The number of hydrogen-bond donors (Lipinski definition) is 2. The molecule has 0 saturated carbocycles. The summed E-state index contributed by atoms with van der Waals surface area (Å²) in [5.74, 6) is -0.00790. The van der Waals surface area contributed by atoms with Crippen molar-refractivity contribution in [2.24, 2.45) is 5.92 Å². The van der Waals surface area contributed by atoms with Gasteiger partial charge < -0.3 is 10.4 Å². The Morgan fingerprint density at radius 1 is 1.33 bits per heavy atom. The lowest BCUT2D eigenvalue weighted by Gasteiger charge is -2.30. The number of piperidine rings is 1. The Bertz CT molecular complexity index is 681.